The van der Waals surface area contributed by atoms with E-state index >= 15 is 0 Å². The second-order valence-electron chi connectivity index (χ2n) is 3.29. The summed E-state index contributed by atoms with van der Waals surface area (Å²) in [6.45, 7) is 0.217. The Morgan fingerprint density at radius 2 is 2.39 bits per heavy atom. The third-order valence-electron chi connectivity index (χ3n) is 2.09. The Morgan fingerprint density at radius 3 is 2.94 bits per heavy atom. The molecule has 0 aliphatic rings. The van der Waals surface area contributed by atoms with Crippen LogP contribution in [0.2, 0.25) is 4.34 Å². The molecule has 6 nitrogen and oxygen atoms in total. The number of amides is 1. The standard InChI is InChI=1S/C10H7ClN2O4S/c11-9-7(13(15)16)4-8(18-9)10(14)12-5-6-2-1-3-17-6/h1-4H,5H2,(H,12,14). The number of carbonyl (C=O) groups excluding carboxylic acids is 1. The zero-order valence-electron chi connectivity index (χ0n) is 8.88. The topological polar surface area (TPSA) is 85.4 Å². The fourth-order valence-corrected chi connectivity index (χ4v) is 2.40. The lowest BCUT2D eigenvalue weighted by atomic mass is 10.4. The third kappa shape index (κ3) is 2.69. The van der Waals surface area contributed by atoms with Crippen LogP contribution in [0.15, 0.2) is 28.9 Å². The Balaban J connectivity index is 2.05. The summed E-state index contributed by atoms with van der Waals surface area (Å²) in [6.07, 6.45) is 1.49. The number of nitrogens with zero attached hydrogens (tertiary/aromatic N) is 1. The Kier molecular flexibility index (Phi) is 3.63. The minimum absolute atomic E-state index is 0.0110. The maximum Gasteiger partial charge on any atom is 0.299 e. The van der Waals surface area contributed by atoms with Crippen molar-refractivity contribution in [1.29, 1.82) is 0 Å². The van der Waals surface area contributed by atoms with Crippen LogP contribution in [0.5, 0.6) is 0 Å². The van der Waals surface area contributed by atoms with Gasteiger partial charge in [-0.2, -0.15) is 0 Å². The molecule has 0 spiro atoms. The molecule has 94 valence electrons. The highest BCUT2D eigenvalue weighted by molar-refractivity contribution is 7.18. The van der Waals surface area contributed by atoms with Crippen molar-refractivity contribution in [3.05, 3.63) is 49.6 Å². The van der Waals surface area contributed by atoms with Gasteiger partial charge in [-0.05, 0) is 12.1 Å². The zero-order valence-corrected chi connectivity index (χ0v) is 10.5. The molecule has 0 unspecified atom stereocenters. The molecule has 2 aromatic heterocycles. The summed E-state index contributed by atoms with van der Waals surface area (Å²) in [6, 6.07) is 4.57. The van der Waals surface area contributed by atoms with Crippen LogP contribution in [-0.2, 0) is 6.54 Å². The minimum atomic E-state index is -0.623. The molecule has 0 aliphatic heterocycles. The van der Waals surface area contributed by atoms with Gasteiger partial charge in [0.2, 0.25) is 0 Å². The number of nitro groups is 1. The van der Waals surface area contributed by atoms with Crippen LogP contribution >= 0.6 is 22.9 Å². The monoisotopic (exact) mass is 286 g/mol. The number of thiophene rings is 1. The molecule has 0 saturated heterocycles. The Hall–Kier alpha value is -1.86. The molecule has 2 aromatic rings. The van der Waals surface area contributed by atoms with Crippen molar-refractivity contribution < 1.29 is 14.1 Å². The molecule has 18 heavy (non-hydrogen) atoms. The average Bonchev–Trinajstić information content (AvgIpc) is 2.94. The van der Waals surface area contributed by atoms with E-state index in [0.29, 0.717) is 5.76 Å². The predicted molar refractivity (Wildman–Crippen MR) is 65.9 cm³/mol. The summed E-state index contributed by atoms with van der Waals surface area (Å²) in [7, 11) is 0. The smallest absolute Gasteiger partial charge is 0.299 e. The largest absolute Gasteiger partial charge is 0.467 e. The van der Waals surface area contributed by atoms with Gasteiger partial charge < -0.3 is 9.73 Å². The quantitative estimate of drug-likeness (QED) is 0.692. The lowest BCUT2D eigenvalue weighted by Gasteiger charge is -1.99. The first-order valence-electron chi connectivity index (χ1n) is 4.82. The number of nitrogens with one attached hydrogen (secondary N) is 1. The summed E-state index contributed by atoms with van der Waals surface area (Å²) in [4.78, 5) is 21.9. The van der Waals surface area contributed by atoms with Crippen LogP contribution in [0.3, 0.4) is 0 Å². The maximum absolute atomic E-state index is 11.7. The maximum atomic E-state index is 11.7. The lowest BCUT2D eigenvalue weighted by Crippen LogP contribution is -2.21. The molecule has 1 N–H and O–H groups in total. The summed E-state index contributed by atoms with van der Waals surface area (Å²) >= 11 is 6.53. The molecule has 0 bridgehead atoms. The van der Waals surface area contributed by atoms with E-state index in [-0.39, 0.29) is 21.4 Å². The van der Waals surface area contributed by atoms with Gasteiger partial charge in [-0.25, -0.2) is 0 Å². The molecule has 1 amide bonds. The SMILES string of the molecule is O=C(NCc1ccco1)c1cc([N+](=O)[O-])c(Cl)s1. The third-order valence-corrected chi connectivity index (χ3v) is 3.43. The molecule has 0 fully saturated rings. The second kappa shape index (κ2) is 5.19. The van der Waals surface area contributed by atoms with Crippen LogP contribution in [0.25, 0.3) is 0 Å². The normalized spacial score (nSPS) is 10.3. The number of rotatable bonds is 4. The Labute approximate surface area is 110 Å². The van der Waals surface area contributed by atoms with E-state index in [1.54, 1.807) is 12.1 Å². The second-order valence-corrected chi connectivity index (χ2v) is 4.94. The fraction of sp³-hybridized carbons (Fsp3) is 0.100. The minimum Gasteiger partial charge on any atom is -0.467 e. The highest BCUT2D eigenvalue weighted by Gasteiger charge is 2.20. The van der Waals surface area contributed by atoms with Crippen molar-refractivity contribution in [3.63, 3.8) is 0 Å². The van der Waals surface area contributed by atoms with Crippen molar-refractivity contribution >= 4 is 34.5 Å². The molecular formula is C10H7ClN2O4S. The molecule has 0 atom stereocenters. The lowest BCUT2D eigenvalue weighted by molar-refractivity contribution is -0.384. The van der Waals surface area contributed by atoms with Gasteiger partial charge >= 0.3 is 0 Å². The summed E-state index contributed by atoms with van der Waals surface area (Å²) < 4.78 is 5.03. The molecule has 8 heteroatoms. The summed E-state index contributed by atoms with van der Waals surface area (Å²) in [5.41, 5.74) is -0.259. The number of carbonyl (C=O) groups is 1. The van der Waals surface area contributed by atoms with Crippen LogP contribution < -0.4 is 5.32 Å². The molecule has 0 aliphatic carbocycles. The average molecular weight is 287 g/mol. The van der Waals surface area contributed by atoms with E-state index in [1.807, 2.05) is 0 Å². The van der Waals surface area contributed by atoms with Gasteiger partial charge in [0.15, 0.2) is 4.34 Å². The van der Waals surface area contributed by atoms with Crippen molar-refractivity contribution in [2.75, 3.05) is 0 Å². The summed E-state index contributed by atoms with van der Waals surface area (Å²) in [5.74, 6) is 0.173. The van der Waals surface area contributed by atoms with E-state index in [2.05, 4.69) is 5.32 Å². The van der Waals surface area contributed by atoms with Crippen LogP contribution in [-0.4, -0.2) is 10.8 Å². The molecular weight excluding hydrogens is 280 g/mol. The van der Waals surface area contributed by atoms with Crippen molar-refractivity contribution in [3.8, 4) is 0 Å². The van der Waals surface area contributed by atoms with E-state index in [1.165, 1.54) is 6.26 Å². The van der Waals surface area contributed by atoms with Crippen molar-refractivity contribution in [1.82, 2.24) is 5.32 Å². The fourth-order valence-electron chi connectivity index (χ4n) is 1.26. The van der Waals surface area contributed by atoms with Gasteiger partial charge in [0.25, 0.3) is 11.6 Å². The highest BCUT2D eigenvalue weighted by atomic mass is 35.5. The highest BCUT2D eigenvalue weighted by Crippen LogP contribution is 2.33. The van der Waals surface area contributed by atoms with Crippen LogP contribution in [0.4, 0.5) is 5.69 Å². The number of halogens is 1. The van der Waals surface area contributed by atoms with Gasteiger partial charge in [0, 0.05) is 6.07 Å². The van der Waals surface area contributed by atoms with E-state index in [4.69, 9.17) is 16.0 Å². The summed E-state index contributed by atoms with van der Waals surface area (Å²) in [5, 5.41) is 13.2. The van der Waals surface area contributed by atoms with Crippen molar-refractivity contribution in [2.45, 2.75) is 6.54 Å². The predicted octanol–water partition coefficient (Wildman–Crippen LogP) is 2.83. The van der Waals surface area contributed by atoms with E-state index in [9.17, 15) is 14.9 Å². The van der Waals surface area contributed by atoms with Gasteiger partial charge in [-0.15, -0.1) is 11.3 Å². The molecule has 0 saturated carbocycles. The van der Waals surface area contributed by atoms with Gasteiger partial charge in [-0.1, -0.05) is 11.6 Å². The first kappa shape index (κ1) is 12.6. The zero-order chi connectivity index (χ0) is 13.1. The first-order valence-corrected chi connectivity index (χ1v) is 6.01. The van der Waals surface area contributed by atoms with Crippen LogP contribution in [0.1, 0.15) is 15.4 Å². The molecule has 0 radical (unpaired) electrons. The number of hydrogen-bond donors (Lipinski definition) is 1. The van der Waals surface area contributed by atoms with Crippen LogP contribution in [0, 0.1) is 10.1 Å². The van der Waals surface area contributed by atoms with Gasteiger partial charge in [0.1, 0.15) is 10.6 Å². The Bertz CT molecular complexity index is 579. The molecule has 2 heterocycles. The first-order chi connectivity index (χ1) is 8.58. The molecule has 0 aromatic carbocycles. The number of furan rings is 1. The molecule has 2 rings (SSSR count). The van der Waals surface area contributed by atoms with Gasteiger partial charge in [0.05, 0.1) is 17.7 Å². The number of hydrogen-bond acceptors (Lipinski definition) is 5. The van der Waals surface area contributed by atoms with E-state index < -0.39 is 10.8 Å². The Morgan fingerprint density at radius 1 is 1.61 bits per heavy atom. The van der Waals surface area contributed by atoms with Gasteiger partial charge in [-0.3, -0.25) is 14.9 Å². The van der Waals surface area contributed by atoms with Crippen molar-refractivity contribution in [2.24, 2.45) is 0 Å². The van der Waals surface area contributed by atoms with E-state index in [0.717, 1.165) is 17.4 Å².